The summed E-state index contributed by atoms with van der Waals surface area (Å²) in [7, 11) is 1.27. The molecule has 0 unspecified atom stereocenters. The summed E-state index contributed by atoms with van der Waals surface area (Å²) in [5, 5.41) is 12.9. The van der Waals surface area contributed by atoms with Gasteiger partial charge in [0.1, 0.15) is 11.4 Å². The highest BCUT2D eigenvalue weighted by molar-refractivity contribution is 5.91. The molecule has 0 aliphatic carbocycles. The van der Waals surface area contributed by atoms with Gasteiger partial charge in [0.05, 0.1) is 23.9 Å². The molecule has 3 aromatic rings. The molecule has 0 aliphatic rings. The number of carbonyl (C=O) groups is 1. The fourth-order valence-electron chi connectivity index (χ4n) is 2.48. The van der Waals surface area contributed by atoms with Crippen molar-refractivity contribution in [2.24, 2.45) is 4.99 Å². The zero-order chi connectivity index (χ0) is 18.7. The summed E-state index contributed by atoms with van der Waals surface area (Å²) >= 11 is 0. The van der Waals surface area contributed by atoms with Crippen molar-refractivity contribution < 1.29 is 14.6 Å². The summed E-state index contributed by atoms with van der Waals surface area (Å²) in [5.41, 5.74) is 1.85. The molecule has 0 radical (unpaired) electrons. The Labute approximate surface area is 149 Å². The fourth-order valence-corrected chi connectivity index (χ4v) is 2.48. The molecular weight excluding hydrogens is 334 g/mol. The molecular formula is C19H17N3O4. The molecule has 7 nitrogen and oxygen atoms in total. The standard InChI is InChI=1S/C19H17N3O4/c1-12-15(18(24)22(21-12)14-6-4-3-5-7-14)11-20-16-10-13(19(25)26-2)8-9-17(16)23/h3-11,21,23H,1-2H3. The van der Waals surface area contributed by atoms with Gasteiger partial charge in [0, 0.05) is 11.9 Å². The zero-order valence-electron chi connectivity index (χ0n) is 14.3. The largest absolute Gasteiger partial charge is 0.506 e. The SMILES string of the molecule is COC(=O)c1ccc(O)c(N=Cc2c(C)[nH]n(-c3ccccc3)c2=O)c1. The Morgan fingerprint density at radius 3 is 2.65 bits per heavy atom. The van der Waals surface area contributed by atoms with Crippen LogP contribution < -0.4 is 5.56 Å². The summed E-state index contributed by atoms with van der Waals surface area (Å²) in [6.45, 7) is 1.76. The second-order valence-corrected chi connectivity index (χ2v) is 5.58. The van der Waals surface area contributed by atoms with Gasteiger partial charge in [0.15, 0.2) is 0 Å². The Bertz CT molecular complexity index is 1030. The van der Waals surface area contributed by atoms with Gasteiger partial charge in [0.2, 0.25) is 0 Å². The van der Waals surface area contributed by atoms with E-state index in [-0.39, 0.29) is 22.6 Å². The van der Waals surface area contributed by atoms with Crippen molar-refractivity contribution in [3.63, 3.8) is 0 Å². The molecule has 0 amide bonds. The number of carbonyl (C=O) groups excluding carboxylic acids is 1. The number of para-hydroxylation sites is 1. The van der Waals surface area contributed by atoms with Crippen molar-refractivity contribution in [2.45, 2.75) is 6.92 Å². The number of hydrogen-bond acceptors (Lipinski definition) is 5. The van der Waals surface area contributed by atoms with E-state index in [1.165, 1.54) is 36.2 Å². The number of aromatic amines is 1. The number of rotatable bonds is 4. The first-order chi connectivity index (χ1) is 12.5. The molecule has 0 atom stereocenters. The Hall–Kier alpha value is -3.61. The molecule has 2 N–H and O–H groups in total. The lowest BCUT2D eigenvalue weighted by Gasteiger charge is -2.02. The van der Waals surface area contributed by atoms with Crippen molar-refractivity contribution in [1.29, 1.82) is 0 Å². The highest BCUT2D eigenvalue weighted by atomic mass is 16.5. The van der Waals surface area contributed by atoms with Crippen LogP contribution in [0.1, 0.15) is 21.6 Å². The highest BCUT2D eigenvalue weighted by Gasteiger charge is 2.12. The van der Waals surface area contributed by atoms with Gasteiger partial charge in [-0.15, -0.1) is 0 Å². The average Bonchev–Trinajstić information content (AvgIpc) is 2.95. The number of aryl methyl sites for hydroxylation is 1. The van der Waals surface area contributed by atoms with E-state index in [0.717, 1.165) is 0 Å². The van der Waals surface area contributed by atoms with Crippen LogP contribution in [0.3, 0.4) is 0 Å². The molecule has 1 heterocycles. The number of aromatic hydroxyl groups is 1. The number of aliphatic imine (C=N–C) groups is 1. The van der Waals surface area contributed by atoms with Gasteiger partial charge in [-0.3, -0.25) is 14.9 Å². The molecule has 132 valence electrons. The summed E-state index contributed by atoms with van der Waals surface area (Å²) in [4.78, 5) is 28.4. The third-order valence-corrected chi connectivity index (χ3v) is 3.86. The first kappa shape index (κ1) is 17.2. The van der Waals surface area contributed by atoms with Crippen LogP contribution in [0.5, 0.6) is 5.75 Å². The number of phenols is 1. The number of hydrogen-bond donors (Lipinski definition) is 2. The Balaban J connectivity index is 1.99. The summed E-state index contributed by atoms with van der Waals surface area (Å²) in [5.74, 6) is -0.642. The van der Waals surface area contributed by atoms with Gasteiger partial charge in [0.25, 0.3) is 5.56 Å². The second kappa shape index (κ2) is 7.10. The van der Waals surface area contributed by atoms with Gasteiger partial charge in [-0.1, -0.05) is 18.2 Å². The van der Waals surface area contributed by atoms with Crippen LogP contribution in [0.25, 0.3) is 5.69 Å². The lowest BCUT2D eigenvalue weighted by molar-refractivity contribution is 0.0601. The van der Waals surface area contributed by atoms with Crippen LogP contribution in [-0.4, -0.2) is 34.2 Å². The van der Waals surface area contributed by atoms with E-state index < -0.39 is 5.97 Å². The van der Waals surface area contributed by atoms with E-state index in [1.54, 1.807) is 6.92 Å². The Kier molecular flexibility index (Phi) is 4.70. The molecule has 1 aromatic heterocycles. The molecule has 0 saturated carbocycles. The molecule has 0 fully saturated rings. The summed E-state index contributed by atoms with van der Waals surface area (Å²) in [6.07, 6.45) is 1.36. The molecule has 26 heavy (non-hydrogen) atoms. The molecule has 7 heteroatoms. The first-order valence-corrected chi connectivity index (χ1v) is 7.83. The van der Waals surface area contributed by atoms with E-state index in [4.69, 9.17) is 0 Å². The Morgan fingerprint density at radius 1 is 1.23 bits per heavy atom. The maximum absolute atomic E-state index is 12.6. The number of aromatic nitrogens is 2. The number of H-pyrrole nitrogens is 1. The van der Waals surface area contributed by atoms with Crippen LogP contribution >= 0.6 is 0 Å². The number of nitrogens with one attached hydrogen (secondary N) is 1. The minimum absolute atomic E-state index is 0.106. The maximum atomic E-state index is 12.6. The predicted octanol–water partition coefficient (Wildman–Crippen LogP) is 2.72. The van der Waals surface area contributed by atoms with Crippen LogP contribution in [0.4, 0.5) is 5.69 Å². The fraction of sp³-hybridized carbons (Fsp3) is 0.105. The molecule has 0 saturated heterocycles. The van der Waals surface area contributed by atoms with E-state index >= 15 is 0 Å². The quantitative estimate of drug-likeness (QED) is 0.558. The van der Waals surface area contributed by atoms with Crippen molar-refractivity contribution >= 4 is 17.9 Å². The molecule has 0 spiro atoms. The molecule has 0 aliphatic heterocycles. The highest BCUT2D eigenvalue weighted by Crippen LogP contribution is 2.27. The van der Waals surface area contributed by atoms with Crippen molar-refractivity contribution in [1.82, 2.24) is 9.78 Å². The Morgan fingerprint density at radius 2 is 1.96 bits per heavy atom. The van der Waals surface area contributed by atoms with Crippen LogP contribution in [0, 0.1) is 6.92 Å². The lowest BCUT2D eigenvalue weighted by atomic mass is 10.2. The predicted molar refractivity (Wildman–Crippen MR) is 97.8 cm³/mol. The normalized spacial score (nSPS) is 11.0. The van der Waals surface area contributed by atoms with Crippen LogP contribution in [0.2, 0.25) is 0 Å². The molecule has 0 bridgehead atoms. The zero-order valence-corrected chi connectivity index (χ0v) is 14.3. The molecule has 2 aromatic carbocycles. The van der Waals surface area contributed by atoms with E-state index in [0.29, 0.717) is 16.9 Å². The topological polar surface area (TPSA) is 96.7 Å². The minimum Gasteiger partial charge on any atom is -0.506 e. The average molecular weight is 351 g/mol. The number of methoxy groups -OCH3 is 1. The maximum Gasteiger partial charge on any atom is 0.337 e. The summed E-state index contributed by atoms with van der Waals surface area (Å²) < 4.78 is 6.07. The second-order valence-electron chi connectivity index (χ2n) is 5.58. The number of ether oxygens (including phenoxy) is 1. The lowest BCUT2D eigenvalue weighted by Crippen LogP contribution is -2.17. The smallest absolute Gasteiger partial charge is 0.337 e. The van der Waals surface area contributed by atoms with Gasteiger partial charge in [-0.2, -0.15) is 0 Å². The van der Waals surface area contributed by atoms with Crippen molar-refractivity contribution in [3.05, 3.63) is 75.7 Å². The van der Waals surface area contributed by atoms with Crippen LogP contribution in [-0.2, 0) is 4.74 Å². The van der Waals surface area contributed by atoms with E-state index in [1.807, 2.05) is 30.3 Å². The third-order valence-electron chi connectivity index (χ3n) is 3.86. The van der Waals surface area contributed by atoms with Gasteiger partial charge in [-0.05, 0) is 37.3 Å². The number of phenolic OH excluding ortho intramolecular Hbond substituents is 1. The number of nitrogens with zero attached hydrogens (tertiary/aromatic N) is 2. The number of benzene rings is 2. The summed E-state index contributed by atoms with van der Waals surface area (Å²) in [6, 6.07) is 13.3. The van der Waals surface area contributed by atoms with Crippen LogP contribution in [0.15, 0.2) is 58.3 Å². The van der Waals surface area contributed by atoms with E-state index in [2.05, 4.69) is 14.8 Å². The van der Waals surface area contributed by atoms with Gasteiger partial charge in [-0.25, -0.2) is 9.48 Å². The number of esters is 1. The monoisotopic (exact) mass is 351 g/mol. The van der Waals surface area contributed by atoms with Gasteiger partial charge >= 0.3 is 5.97 Å². The van der Waals surface area contributed by atoms with E-state index in [9.17, 15) is 14.7 Å². The minimum atomic E-state index is -0.536. The first-order valence-electron chi connectivity index (χ1n) is 7.83. The third kappa shape index (κ3) is 3.27. The van der Waals surface area contributed by atoms with Gasteiger partial charge < -0.3 is 9.84 Å². The molecule has 3 rings (SSSR count). The van der Waals surface area contributed by atoms with Crippen molar-refractivity contribution in [3.8, 4) is 11.4 Å². The van der Waals surface area contributed by atoms with Crippen molar-refractivity contribution in [2.75, 3.05) is 7.11 Å².